The summed E-state index contributed by atoms with van der Waals surface area (Å²) in [6.07, 6.45) is 1.96. The Bertz CT molecular complexity index is 502. The van der Waals surface area contributed by atoms with E-state index in [1.165, 1.54) is 4.31 Å². The molecule has 1 atom stereocenters. The highest BCUT2D eigenvalue weighted by atomic mass is 32.2. The minimum atomic E-state index is -3.32. The van der Waals surface area contributed by atoms with Crippen molar-refractivity contribution in [2.24, 2.45) is 0 Å². The summed E-state index contributed by atoms with van der Waals surface area (Å²) >= 11 is 1.63. The Morgan fingerprint density at radius 2 is 2.00 bits per heavy atom. The van der Waals surface area contributed by atoms with Gasteiger partial charge in [0.15, 0.2) is 0 Å². The Kier molecular flexibility index (Phi) is 6.32. The highest BCUT2D eigenvalue weighted by Gasteiger charge is 2.23. The second-order valence-corrected chi connectivity index (χ2v) is 7.49. The summed E-state index contributed by atoms with van der Waals surface area (Å²) < 4.78 is 26.0. The third kappa shape index (κ3) is 4.80. The molecule has 6 heteroatoms. The van der Waals surface area contributed by atoms with Crippen LogP contribution in [0.2, 0.25) is 0 Å². The number of rotatable bonds is 7. The summed E-state index contributed by atoms with van der Waals surface area (Å²) in [5.41, 5.74) is 1.43. The summed E-state index contributed by atoms with van der Waals surface area (Å²) in [5, 5.41) is 9.07. The lowest BCUT2D eigenvalue weighted by molar-refractivity contribution is 0.281. The van der Waals surface area contributed by atoms with Crippen molar-refractivity contribution >= 4 is 21.8 Å². The van der Waals surface area contributed by atoms with Crippen LogP contribution in [0.25, 0.3) is 0 Å². The Hall–Kier alpha value is -0.560. The third-order valence-electron chi connectivity index (χ3n) is 2.99. The van der Waals surface area contributed by atoms with Crippen LogP contribution in [-0.2, 0) is 22.4 Å². The number of aliphatic hydroxyl groups excluding tert-OH is 1. The van der Waals surface area contributed by atoms with Crippen LogP contribution in [0.3, 0.4) is 0 Å². The van der Waals surface area contributed by atoms with Gasteiger partial charge in [-0.1, -0.05) is 24.3 Å². The van der Waals surface area contributed by atoms with E-state index in [1.807, 2.05) is 13.2 Å². The van der Waals surface area contributed by atoms with Gasteiger partial charge in [0.25, 0.3) is 0 Å². The largest absolute Gasteiger partial charge is 0.392 e. The first-order valence-electron chi connectivity index (χ1n) is 6.04. The first-order chi connectivity index (χ1) is 8.90. The quantitative estimate of drug-likeness (QED) is 0.833. The Morgan fingerprint density at radius 1 is 1.37 bits per heavy atom. The monoisotopic (exact) mass is 303 g/mol. The second-order valence-electron chi connectivity index (χ2n) is 4.55. The molecule has 0 amide bonds. The zero-order valence-corrected chi connectivity index (χ0v) is 13.2. The first-order valence-corrected chi connectivity index (χ1v) is 9.04. The van der Waals surface area contributed by atoms with Crippen LogP contribution < -0.4 is 0 Å². The molecule has 19 heavy (non-hydrogen) atoms. The smallest absolute Gasteiger partial charge is 0.218 e. The zero-order valence-electron chi connectivity index (χ0n) is 11.5. The van der Waals surface area contributed by atoms with Crippen LogP contribution in [0.15, 0.2) is 24.3 Å². The van der Waals surface area contributed by atoms with Crippen molar-refractivity contribution in [1.82, 2.24) is 4.31 Å². The van der Waals surface area contributed by atoms with E-state index in [4.69, 9.17) is 5.11 Å². The van der Waals surface area contributed by atoms with Crippen molar-refractivity contribution in [3.8, 4) is 0 Å². The molecule has 0 aliphatic carbocycles. The zero-order chi connectivity index (χ0) is 14.5. The fourth-order valence-electron chi connectivity index (χ4n) is 1.75. The second kappa shape index (κ2) is 7.28. The third-order valence-corrected chi connectivity index (χ3v) is 5.74. The van der Waals surface area contributed by atoms with Crippen LogP contribution >= 0.6 is 11.8 Å². The van der Waals surface area contributed by atoms with Gasteiger partial charge in [0.2, 0.25) is 10.0 Å². The lowest BCUT2D eigenvalue weighted by atomic mass is 10.1. The fraction of sp³-hybridized carbons (Fsp3) is 0.538. The van der Waals surface area contributed by atoms with Crippen LogP contribution in [0.1, 0.15) is 18.1 Å². The summed E-state index contributed by atoms with van der Waals surface area (Å²) in [5.74, 6) is 0.739. The minimum Gasteiger partial charge on any atom is -0.392 e. The molecule has 1 N–H and O–H groups in total. The Morgan fingerprint density at radius 3 is 2.58 bits per heavy atom. The first kappa shape index (κ1) is 16.5. The number of hydrogen-bond donors (Lipinski definition) is 1. The predicted octanol–water partition coefficient (Wildman–Crippen LogP) is 1.69. The van der Waals surface area contributed by atoms with E-state index in [-0.39, 0.29) is 18.4 Å². The highest BCUT2D eigenvalue weighted by Crippen LogP contribution is 2.15. The molecule has 1 aromatic rings. The van der Waals surface area contributed by atoms with E-state index in [0.29, 0.717) is 5.56 Å². The van der Waals surface area contributed by atoms with Gasteiger partial charge >= 0.3 is 0 Å². The molecule has 1 rings (SSSR count). The van der Waals surface area contributed by atoms with Gasteiger partial charge < -0.3 is 5.11 Å². The average molecular weight is 303 g/mol. The number of sulfonamides is 1. The summed E-state index contributed by atoms with van der Waals surface area (Å²) in [6, 6.07) is 7.01. The van der Waals surface area contributed by atoms with Gasteiger partial charge in [-0.2, -0.15) is 11.8 Å². The number of benzene rings is 1. The molecule has 108 valence electrons. The molecule has 0 saturated carbocycles. The molecule has 1 aromatic carbocycles. The normalized spacial score (nSPS) is 13.7. The topological polar surface area (TPSA) is 57.6 Å². The van der Waals surface area contributed by atoms with Gasteiger partial charge in [-0.05, 0) is 24.3 Å². The SMILES string of the molecule is CSCC(C)N(C)S(=O)(=O)Cc1cccc(CO)c1. The number of nitrogens with zero attached hydrogens (tertiary/aromatic N) is 1. The van der Waals surface area contributed by atoms with Gasteiger partial charge in [-0.3, -0.25) is 0 Å². The van der Waals surface area contributed by atoms with Gasteiger partial charge in [0, 0.05) is 18.8 Å². The van der Waals surface area contributed by atoms with Crippen LogP contribution in [-0.4, -0.2) is 42.9 Å². The van der Waals surface area contributed by atoms with E-state index >= 15 is 0 Å². The molecule has 0 heterocycles. The van der Waals surface area contributed by atoms with Crippen molar-refractivity contribution in [2.75, 3.05) is 19.1 Å². The molecule has 1 unspecified atom stereocenters. The van der Waals surface area contributed by atoms with Gasteiger partial charge in [0.05, 0.1) is 12.4 Å². The fourth-order valence-corrected chi connectivity index (χ4v) is 3.98. The van der Waals surface area contributed by atoms with Crippen LogP contribution in [0.4, 0.5) is 0 Å². The molecular formula is C13H21NO3S2. The number of hydrogen-bond acceptors (Lipinski definition) is 4. The van der Waals surface area contributed by atoms with Crippen molar-refractivity contribution < 1.29 is 13.5 Å². The maximum absolute atomic E-state index is 12.3. The summed E-state index contributed by atoms with van der Waals surface area (Å²) in [4.78, 5) is 0. The van der Waals surface area contributed by atoms with Gasteiger partial charge in [-0.15, -0.1) is 0 Å². The van der Waals surface area contributed by atoms with E-state index in [0.717, 1.165) is 11.3 Å². The molecule has 0 fully saturated rings. The average Bonchev–Trinajstić information content (AvgIpc) is 2.37. The molecule has 0 aromatic heterocycles. The van der Waals surface area contributed by atoms with E-state index in [2.05, 4.69) is 0 Å². The van der Waals surface area contributed by atoms with Crippen LogP contribution in [0.5, 0.6) is 0 Å². The Balaban J connectivity index is 2.83. The van der Waals surface area contributed by atoms with E-state index < -0.39 is 10.0 Å². The molecule has 0 radical (unpaired) electrons. The predicted molar refractivity (Wildman–Crippen MR) is 80.6 cm³/mol. The molecule has 0 bridgehead atoms. The number of aliphatic hydroxyl groups is 1. The van der Waals surface area contributed by atoms with Crippen molar-refractivity contribution in [3.63, 3.8) is 0 Å². The Labute approximate surface area is 119 Å². The molecule has 0 spiro atoms. The van der Waals surface area contributed by atoms with Crippen molar-refractivity contribution in [1.29, 1.82) is 0 Å². The van der Waals surface area contributed by atoms with E-state index in [1.54, 1.807) is 43.1 Å². The van der Waals surface area contributed by atoms with E-state index in [9.17, 15) is 8.42 Å². The molecule has 0 aliphatic rings. The highest BCUT2D eigenvalue weighted by molar-refractivity contribution is 7.98. The maximum atomic E-state index is 12.3. The van der Waals surface area contributed by atoms with Crippen molar-refractivity contribution in [3.05, 3.63) is 35.4 Å². The standard InChI is InChI=1S/C13H21NO3S2/c1-11(9-18-3)14(2)19(16,17)10-13-6-4-5-12(7-13)8-15/h4-7,11,15H,8-10H2,1-3H3. The molecular weight excluding hydrogens is 282 g/mol. The molecule has 0 saturated heterocycles. The van der Waals surface area contributed by atoms with Crippen molar-refractivity contribution in [2.45, 2.75) is 25.3 Å². The lowest BCUT2D eigenvalue weighted by Crippen LogP contribution is -2.37. The lowest BCUT2D eigenvalue weighted by Gasteiger charge is -2.23. The molecule has 0 aliphatic heterocycles. The number of thioether (sulfide) groups is 1. The van der Waals surface area contributed by atoms with Gasteiger partial charge in [-0.25, -0.2) is 12.7 Å². The minimum absolute atomic E-state index is 0.0268. The van der Waals surface area contributed by atoms with Crippen LogP contribution in [0, 0.1) is 0 Å². The summed E-state index contributed by atoms with van der Waals surface area (Å²) in [7, 11) is -1.70. The van der Waals surface area contributed by atoms with Gasteiger partial charge in [0.1, 0.15) is 0 Å². The summed E-state index contributed by atoms with van der Waals surface area (Å²) in [6.45, 7) is 1.82. The molecule has 4 nitrogen and oxygen atoms in total. The maximum Gasteiger partial charge on any atom is 0.218 e.